The number of benzene rings is 1. The minimum atomic E-state index is -0.811. The van der Waals surface area contributed by atoms with Crippen molar-refractivity contribution >= 4 is 5.82 Å². The van der Waals surface area contributed by atoms with Crippen molar-refractivity contribution in [1.29, 1.82) is 0 Å². The van der Waals surface area contributed by atoms with Crippen molar-refractivity contribution in [1.82, 2.24) is 14.8 Å². The van der Waals surface area contributed by atoms with Crippen LogP contribution in [0.25, 0.3) is 0 Å². The van der Waals surface area contributed by atoms with Crippen molar-refractivity contribution in [3.05, 3.63) is 59.8 Å². The zero-order chi connectivity index (χ0) is 18.7. The van der Waals surface area contributed by atoms with E-state index in [9.17, 15) is 5.11 Å². The Morgan fingerprint density at radius 3 is 2.42 bits per heavy atom. The standard InChI is InChI=1S/C21H30N4O/c1-23(2)19-16-25(15-17-10-11-20(22-14-17)24(3)4)13-12-21(19,26)18-8-6-5-7-9-18/h5-11,14,19,26H,12-13,15-16H2,1-4H3/t19-,21+/m1/s1. The third-order valence-corrected chi connectivity index (χ3v) is 5.36. The molecule has 1 aliphatic heterocycles. The zero-order valence-electron chi connectivity index (χ0n) is 16.3. The first-order valence-electron chi connectivity index (χ1n) is 9.19. The van der Waals surface area contributed by atoms with Crippen molar-refractivity contribution in [2.24, 2.45) is 0 Å². The van der Waals surface area contributed by atoms with Crippen LogP contribution in [0, 0.1) is 0 Å². The van der Waals surface area contributed by atoms with Gasteiger partial charge in [-0.05, 0) is 37.7 Å². The quantitative estimate of drug-likeness (QED) is 0.891. The molecule has 1 N–H and O–H groups in total. The van der Waals surface area contributed by atoms with Crippen LogP contribution in [0.1, 0.15) is 17.5 Å². The number of pyridine rings is 1. The number of hydrogen-bond donors (Lipinski definition) is 1. The number of rotatable bonds is 5. The molecule has 0 amide bonds. The SMILES string of the molecule is CN(C)c1ccc(CN2CC[C@](O)(c3ccccc3)[C@H](N(C)C)C2)cn1. The van der Waals surface area contributed by atoms with Gasteiger partial charge in [0, 0.05) is 39.9 Å². The van der Waals surface area contributed by atoms with Crippen LogP contribution in [-0.2, 0) is 12.1 Å². The summed E-state index contributed by atoms with van der Waals surface area (Å²) in [5.41, 5.74) is 1.41. The van der Waals surface area contributed by atoms with Crippen LogP contribution in [0.2, 0.25) is 0 Å². The number of anilines is 1. The van der Waals surface area contributed by atoms with Crippen LogP contribution in [-0.4, -0.2) is 67.2 Å². The lowest BCUT2D eigenvalue weighted by atomic mass is 9.79. The molecule has 3 rings (SSSR count). The van der Waals surface area contributed by atoms with Crippen LogP contribution in [0.5, 0.6) is 0 Å². The molecule has 0 radical (unpaired) electrons. The largest absolute Gasteiger partial charge is 0.383 e. The van der Waals surface area contributed by atoms with Gasteiger partial charge in [0.15, 0.2) is 0 Å². The summed E-state index contributed by atoms with van der Waals surface area (Å²) in [5, 5.41) is 11.5. The van der Waals surface area contributed by atoms with Crippen molar-refractivity contribution in [2.75, 3.05) is 46.2 Å². The van der Waals surface area contributed by atoms with E-state index in [0.717, 1.165) is 37.4 Å². The number of aliphatic hydroxyl groups is 1. The molecule has 2 heterocycles. The fourth-order valence-electron chi connectivity index (χ4n) is 3.81. The number of hydrogen-bond acceptors (Lipinski definition) is 5. The van der Waals surface area contributed by atoms with Gasteiger partial charge in [-0.3, -0.25) is 4.90 Å². The number of piperidine rings is 1. The van der Waals surface area contributed by atoms with Crippen molar-refractivity contribution in [3.63, 3.8) is 0 Å². The van der Waals surface area contributed by atoms with E-state index in [1.54, 1.807) is 0 Å². The van der Waals surface area contributed by atoms with Gasteiger partial charge in [-0.2, -0.15) is 0 Å². The summed E-state index contributed by atoms with van der Waals surface area (Å²) < 4.78 is 0. The number of aromatic nitrogens is 1. The summed E-state index contributed by atoms with van der Waals surface area (Å²) in [7, 11) is 8.10. The maximum Gasteiger partial charge on any atom is 0.127 e. The first-order chi connectivity index (χ1) is 12.4. The fourth-order valence-corrected chi connectivity index (χ4v) is 3.81. The normalized spacial score (nSPS) is 24.0. The van der Waals surface area contributed by atoms with E-state index in [2.05, 4.69) is 41.0 Å². The zero-order valence-corrected chi connectivity index (χ0v) is 16.3. The van der Waals surface area contributed by atoms with Gasteiger partial charge in [0.2, 0.25) is 0 Å². The summed E-state index contributed by atoms with van der Waals surface area (Å²) in [6.45, 7) is 2.55. The summed E-state index contributed by atoms with van der Waals surface area (Å²) in [6.07, 6.45) is 2.68. The Balaban J connectivity index is 1.73. The lowest BCUT2D eigenvalue weighted by Crippen LogP contribution is -2.58. The lowest BCUT2D eigenvalue weighted by Gasteiger charge is -2.47. The highest BCUT2D eigenvalue weighted by Gasteiger charge is 2.43. The van der Waals surface area contributed by atoms with Gasteiger partial charge >= 0.3 is 0 Å². The number of likely N-dealkylation sites (N-methyl/N-ethyl adjacent to an activating group) is 1. The second-order valence-electron chi connectivity index (χ2n) is 7.67. The van der Waals surface area contributed by atoms with Crippen LogP contribution in [0.15, 0.2) is 48.7 Å². The molecule has 0 unspecified atom stereocenters. The summed E-state index contributed by atoms with van der Waals surface area (Å²) >= 11 is 0. The van der Waals surface area contributed by atoms with E-state index in [-0.39, 0.29) is 6.04 Å². The fraction of sp³-hybridized carbons (Fsp3) is 0.476. The maximum absolute atomic E-state index is 11.5. The van der Waals surface area contributed by atoms with Gasteiger partial charge in [0.25, 0.3) is 0 Å². The molecule has 5 nitrogen and oxygen atoms in total. The van der Waals surface area contributed by atoms with Gasteiger partial charge in [-0.15, -0.1) is 0 Å². The molecule has 26 heavy (non-hydrogen) atoms. The molecule has 1 fully saturated rings. The van der Waals surface area contributed by atoms with Gasteiger partial charge in [0.1, 0.15) is 11.4 Å². The number of nitrogens with zero attached hydrogens (tertiary/aromatic N) is 4. The molecule has 0 saturated carbocycles. The number of likely N-dealkylation sites (tertiary alicyclic amines) is 1. The first kappa shape index (κ1) is 18.8. The van der Waals surface area contributed by atoms with Crippen molar-refractivity contribution < 1.29 is 5.11 Å². The van der Waals surface area contributed by atoms with E-state index >= 15 is 0 Å². The van der Waals surface area contributed by atoms with Crippen LogP contribution >= 0.6 is 0 Å². The second-order valence-corrected chi connectivity index (χ2v) is 7.67. The van der Waals surface area contributed by atoms with E-state index in [4.69, 9.17) is 0 Å². The molecule has 1 aromatic heterocycles. The smallest absolute Gasteiger partial charge is 0.127 e. The molecular weight excluding hydrogens is 324 g/mol. The minimum Gasteiger partial charge on any atom is -0.383 e. The topological polar surface area (TPSA) is 42.8 Å². The highest BCUT2D eigenvalue weighted by molar-refractivity contribution is 5.37. The molecule has 140 valence electrons. The van der Waals surface area contributed by atoms with Crippen LogP contribution in [0.4, 0.5) is 5.82 Å². The average molecular weight is 354 g/mol. The highest BCUT2D eigenvalue weighted by atomic mass is 16.3. The van der Waals surface area contributed by atoms with Crippen molar-refractivity contribution in [3.8, 4) is 0 Å². The van der Waals surface area contributed by atoms with Crippen molar-refractivity contribution in [2.45, 2.75) is 24.6 Å². The van der Waals surface area contributed by atoms with E-state index in [0.29, 0.717) is 0 Å². The Labute approximate surface area is 156 Å². The van der Waals surface area contributed by atoms with E-state index in [1.807, 2.05) is 55.5 Å². The lowest BCUT2D eigenvalue weighted by molar-refractivity contribution is -0.0893. The Hall–Kier alpha value is -1.95. The molecule has 0 spiro atoms. The molecule has 1 aliphatic rings. The Bertz CT molecular complexity index is 702. The summed E-state index contributed by atoms with van der Waals surface area (Å²) in [4.78, 5) is 11.1. The molecule has 1 aromatic carbocycles. The first-order valence-corrected chi connectivity index (χ1v) is 9.19. The second kappa shape index (κ2) is 7.74. The minimum absolute atomic E-state index is 0.0488. The molecule has 2 atom stereocenters. The van der Waals surface area contributed by atoms with Gasteiger partial charge in [-0.25, -0.2) is 4.98 Å². The summed E-state index contributed by atoms with van der Waals surface area (Å²) in [5.74, 6) is 0.969. The molecule has 2 aromatic rings. The predicted molar refractivity (Wildman–Crippen MR) is 106 cm³/mol. The molecular formula is C21H30N4O. The Morgan fingerprint density at radius 1 is 1.12 bits per heavy atom. The molecule has 5 heteroatoms. The Kier molecular flexibility index (Phi) is 5.61. The van der Waals surface area contributed by atoms with E-state index < -0.39 is 5.60 Å². The average Bonchev–Trinajstić information content (AvgIpc) is 2.64. The highest BCUT2D eigenvalue weighted by Crippen LogP contribution is 2.35. The third-order valence-electron chi connectivity index (χ3n) is 5.36. The van der Waals surface area contributed by atoms with E-state index in [1.165, 1.54) is 5.56 Å². The van der Waals surface area contributed by atoms with Gasteiger partial charge in [-0.1, -0.05) is 36.4 Å². The van der Waals surface area contributed by atoms with Crippen LogP contribution < -0.4 is 4.90 Å². The summed E-state index contributed by atoms with van der Waals surface area (Å²) in [6, 6.07) is 14.3. The van der Waals surface area contributed by atoms with Gasteiger partial charge < -0.3 is 14.9 Å². The Morgan fingerprint density at radius 2 is 1.85 bits per heavy atom. The molecule has 1 saturated heterocycles. The monoisotopic (exact) mass is 354 g/mol. The third kappa shape index (κ3) is 3.90. The van der Waals surface area contributed by atoms with Gasteiger partial charge in [0.05, 0.1) is 6.04 Å². The molecule has 0 bridgehead atoms. The maximum atomic E-state index is 11.5. The van der Waals surface area contributed by atoms with Crippen LogP contribution in [0.3, 0.4) is 0 Å². The molecule has 0 aliphatic carbocycles. The predicted octanol–water partition coefficient (Wildman–Crippen LogP) is 2.17.